The lowest BCUT2D eigenvalue weighted by atomic mass is 10.1. The fourth-order valence-corrected chi connectivity index (χ4v) is 2.14. The molecule has 0 heterocycles. The number of hydrogen-bond donors (Lipinski definition) is 2. The molecule has 2 aromatic carbocycles. The van der Waals surface area contributed by atoms with Gasteiger partial charge < -0.3 is 11.1 Å². The Morgan fingerprint density at radius 3 is 2.71 bits per heavy atom. The predicted molar refractivity (Wildman–Crippen MR) is 77.1 cm³/mol. The third kappa shape index (κ3) is 3.01. The molecular formula is C14H15BrN2. The van der Waals surface area contributed by atoms with Crippen molar-refractivity contribution in [1.82, 2.24) is 0 Å². The Hall–Kier alpha value is -1.48. The largest absolute Gasteiger partial charge is 0.398 e. The second kappa shape index (κ2) is 5.23. The third-order valence-electron chi connectivity index (χ3n) is 2.75. The molecule has 0 fully saturated rings. The molecule has 0 saturated carbocycles. The van der Waals surface area contributed by atoms with Gasteiger partial charge in [0.25, 0.3) is 0 Å². The lowest BCUT2D eigenvalue weighted by Gasteiger charge is -2.11. The lowest BCUT2D eigenvalue weighted by molar-refractivity contribution is 1.14. The number of halogens is 1. The van der Waals surface area contributed by atoms with Crippen molar-refractivity contribution in [3.05, 3.63) is 58.1 Å². The van der Waals surface area contributed by atoms with Crippen LogP contribution in [0.2, 0.25) is 0 Å². The summed E-state index contributed by atoms with van der Waals surface area (Å²) in [5.41, 5.74) is 10.1. The van der Waals surface area contributed by atoms with Crippen molar-refractivity contribution in [2.24, 2.45) is 0 Å². The number of nitrogen functional groups attached to an aromatic ring is 1. The number of anilines is 2. The van der Waals surface area contributed by atoms with Gasteiger partial charge in [-0.2, -0.15) is 0 Å². The molecule has 3 N–H and O–H groups in total. The summed E-state index contributed by atoms with van der Waals surface area (Å²) in [4.78, 5) is 0. The van der Waals surface area contributed by atoms with E-state index in [0.29, 0.717) is 0 Å². The first-order chi connectivity index (χ1) is 8.16. The highest BCUT2D eigenvalue weighted by Crippen LogP contribution is 2.21. The van der Waals surface area contributed by atoms with Crippen LogP contribution in [0.25, 0.3) is 0 Å². The average Bonchev–Trinajstić information content (AvgIpc) is 2.31. The molecular weight excluding hydrogens is 276 g/mol. The van der Waals surface area contributed by atoms with Gasteiger partial charge in [0, 0.05) is 22.4 Å². The zero-order valence-electron chi connectivity index (χ0n) is 9.70. The van der Waals surface area contributed by atoms with Crippen LogP contribution < -0.4 is 11.1 Å². The van der Waals surface area contributed by atoms with Gasteiger partial charge in [-0.05, 0) is 42.3 Å². The first-order valence-electron chi connectivity index (χ1n) is 5.50. The predicted octanol–water partition coefficient (Wildman–Crippen LogP) is 3.95. The minimum atomic E-state index is 0.795. The van der Waals surface area contributed by atoms with Gasteiger partial charge in [-0.25, -0.2) is 0 Å². The van der Waals surface area contributed by atoms with E-state index in [1.54, 1.807) is 0 Å². The second-order valence-electron chi connectivity index (χ2n) is 4.00. The fraction of sp³-hybridized carbons (Fsp3) is 0.143. The monoisotopic (exact) mass is 290 g/mol. The minimum absolute atomic E-state index is 0.795. The molecule has 88 valence electrons. The Morgan fingerprint density at radius 1 is 1.18 bits per heavy atom. The molecule has 0 aromatic heterocycles. The van der Waals surface area contributed by atoms with E-state index in [9.17, 15) is 0 Å². The molecule has 0 atom stereocenters. The van der Waals surface area contributed by atoms with Crippen molar-refractivity contribution < 1.29 is 0 Å². The summed E-state index contributed by atoms with van der Waals surface area (Å²) in [6.07, 6.45) is 0. The standard InChI is InChI=1S/C14H15BrN2/c1-10-13(16)6-3-7-14(10)17-9-11-4-2-5-12(15)8-11/h2-8,17H,9,16H2,1H3. The van der Waals surface area contributed by atoms with Crippen LogP contribution in [0.15, 0.2) is 46.9 Å². The average molecular weight is 291 g/mol. The Labute approximate surface area is 110 Å². The SMILES string of the molecule is Cc1c(N)cccc1NCc1cccc(Br)c1. The fourth-order valence-electron chi connectivity index (χ4n) is 1.69. The Morgan fingerprint density at radius 2 is 1.94 bits per heavy atom. The zero-order valence-corrected chi connectivity index (χ0v) is 11.3. The molecule has 2 rings (SSSR count). The van der Waals surface area contributed by atoms with Crippen LogP contribution in [0.3, 0.4) is 0 Å². The van der Waals surface area contributed by atoms with Crippen LogP contribution in [-0.4, -0.2) is 0 Å². The van der Waals surface area contributed by atoms with Gasteiger partial charge in [0.05, 0.1) is 0 Å². The van der Waals surface area contributed by atoms with Crippen LogP contribution >= 0.6 is 15.9 Å². The van der Waals surface area contributed by atoms with E-state index in [0.717, 1.165) is 28.0 Å². The van der Waals surface area contributed by atoms with E-state index in [-0.39, 0.29) is 0 Å². The third-order valence-corrected chi connectivity index (χ3v) is 3.24. The summed E-state index contributed by atoms with van der Waals surface area (Å²) in [7, 11) is 0. The Balaban J connectivity index is 2.10. The highest BCUT2D eigenvalue weighted by atomic mass is 79.9. The molecule has 2 aromatic rings. The molecule has 0 amide bonds. The molecule has 0 aliphatic rings. The molecule has 17 heavy (non-hydrogen) atoms. The highest BCUT2D eigenvalue weighted by Gasteiger charge is 2.00. The molecule has 0 radical (unpaired) electrons. The van der Waals surface area contributed by atoms with E-state index in [4.69, 9.17) is 5.73 Å². The van der Waals surface area contributed by atoms with Crippen molar-refractivity contribution in [1.29, 1.82) is 0 Å². The zero-order chi connectivity index (χ0) is 12.3. The summed E-state index contributed by atoms with van der Waals surface area (Å²) in [6, 6.07) is 14.2. The van der Waals surface area contributed by atoms with E-state index >= 15 is 0 Å². The van der Waals surface area contributed by atoms with Gasteiger partial charge in [-0.3, -0.25) is 0 Å². The summed E-state index contributed by atoms with van der Waals surface area (Å²) < 4.78 is 1.10. The summed E-state index contributed by atoms with van der Waals surface area (Å²) >= 11 is 3.47. The normalized spacial score (nSPS) is 10.2. The van der Waals surface area contributed by atoms with Gasteiger partial charge in [0.15, 0.2) is 0 Å². The van der Waals surface area contributed by atoms with Gasteiger partial charge in [-0.15, -0.1) is 0 Å². The maximum absolute atomic E-state index is 5.87. The Bertz CT molecular complexity index is 523. The maximum Gasteiger partial charge on any atom is 0.0401 e. The highest BCUT2D eigenvalue weighted by molar-refractivity contribution is 9.10. The van der Waals surface area contributed by atoms with Crippen molar-refractivity contribution in [3.63, 3.8) is 0 Å². The van der Waals surface area contributed by atoms with E-state index in [2.05, 4.69) is 33.4 Å². The number of nitrogens with two attached hydrogens (primary N) is 1. The van der Waals surface area contributed by atoms with Gasteiger partial charge in [0.1, 0.15) is 0 Å². The minimum Gasteiger partial charge on any atom is -0.398 e. The Kier molecular flexibility index (Phi) is 3.69. The second-order valence-corrected chi connectivity index (χ2v) is 4.92. The van der Waals surface area contributed by atoms with E-state index in [1.165, 1.54) is 5.56 Å². The van der Waals surface area contributed by atoms with E-state index in [1.807, 2.05) is 37.3 Å². The number of hydrogen-bond acceptors (Lipinski definition) is 2. The van der Waals surface area contributed by atoms with Gasteiger partial charge >= 0.3 is 0 Å². The topological polar surface area (TPSA) is 38.0 Å². The molecule has 0 bridgehead atoms. The molecule has 0 aliphatic heterocycles. The van der Waals surface area contributed by atoms with Gasteiger partial charge in [-0.1, -0.05) is 34.1 Å². The lowest BCUT2D eigenvalue weighted by Crippen LogP contribution is -2.02. The first kappa shape index (κ1) is 12.0. The maximum atomic E-state index is 5.87. The van der Waals surface area contributed by atoms with Crippen molar-refractivity contribution >= 4 is 27.3 Å². The van der Waals surface area contributed by atoms with Crippen LogP contribution in [-0.2, 0) is 6.54 Å². The van der Waals surface area contributed by atoms with Crippen LogP contribution in [0.1, 0.15) is 11.1 Å². The first-order valence-corrected chi connectivity index (χ1v) is 6.29. The summed E-state index contributed by atoms with van der Waals surface area (Å²) in [5.74, 6) is 0. The van der Waals surface area contributed by atoms with Crippen molar-refractivity contribution in [2.45, 2.75) is 13.5 Å². The molecule has 0 unspecified atom stereocenters. The number of nitrogens with one attached hydrogen (secondary N) is 1. The number of rotatable bonds is 3. The molecule has 3 heteroatoms. The summed E-state index contributed by atoms with van der Waals surface area (Å²) in [5, 5.41) is 3.40. The van der Waals surface area contributed by atoms with Gasteiger partial charge in [0.2, 0.25) is 0 Å². The van der Waals surface area contributed by atoms with Crippen LogP contribution in [0.4, 0.5) is 11.4 Å². The molecule has 2 nitrogen and oxygen atoms in total. The molecule has 0 saturated heterocycles. The van der Waals surface area contributed by atoms with Crippen molar-refractivity contribution in [2.75, 3.05) is 11.1 Å². The number of benzene rings is 2. The van der Waals surface area contributed by atoms with Crippen molar-refractivity contribution in [3.8, 4) is 0 Å². The van der Waals surface area contributed by atoms with Crippen LogP contribution in [0, 0.1) is 6.92 Å². The van der Waals surface area contributed by atoms with E-state index < -0.39 is 0 Å². The molecule has 0 aliphatic carbocycles. The quantitative estimate of drug-likeness (QED) is 0.840. The van der Waals surface area contributed by atoms with Crippen LogP contribution in [0.5, 0.6) is 0 Å². The smallest absolute Gasteiger partial charge is 0.0401 e. The summed E-state index contributed by atoms with van der Waals surface area (Å²) in [6.45, 7) is 2.82. The molecule has 0 spiro atoms.